The average molecular weight is 417 g/mol. The monoisotopic (exact) mass is 417 g/mol. The van der Waals surface area contributed by atoms with Crippen LogP contribution in [0.1, 0.15) is 21.6 Å². The molecular weight excluding hydrogens is 398 g/mol. The van der Waals surface area contributed by atoms with Crippen molar-refractivity contribution in [2.24, 2.45) is 0 Å². The molecule has 9 nitrogen and oxygen atoms in total. The highest BCUT2D eigenvalue weighted by Gasteiger charge is 2.28. The number of benzene rings is 2. The first-order valence-electron chi connectivity index (χ1n) is 9.58. The van der Waals surface area contributed by atoms with Crippen molar-refractivity contribution in [1.82, 2.24) is 15.1 Å². The summed E-state index contributed by atoms with van der Waals surface area (Å²) in [5.74, 6) is -0.787. The number of nitro groups is 1. The molecule has 1 aromatic heterocycles. The number of hydrogen-bond donors (Lipinski definition) is 2. The van der Waals surface area contributed by atoms with E-state index in [9.17, 15) is 19.7 Å². The van der Waals surface area contributed by atoms with E-state index in [0.717, 1.165) is 11.6 Å². The highest BCUT2D eigenvalue weighted by Crippen LogP contribution is 2.35. The quantitative estimate of drug-likeness (QED) is 0.375. The van der Waals surface area contributed by atoms with Crippen LogP contribution in [0.4, 0.5) is 11.5 Å². The fourth-order valence-electron chi connectivity index (χ4n) is 3.70. The normalized spacial score (nSPS) is 12.6. The van der Waals surface area contributed by atoms with Crippen molar-refractivity contribution >= 4 is 23.3 Å². The topological polar surface area (TPSA) is 119 Å². The van der Waals surface area contributed by atoms with Crippen LogP contribution in [0.15, 0.2) is 55.1 Å². The van der Waals surface area contributed by atoms with Crippen LogP contribution in [0.5, 0.6) is 0 Å². The number of fused-ring (bicyclic) bond motifs is 1. The molecule has 9 heteroatoms. The molecule has 0 aliphatic carbocycles. The van der Waals surface area contributed by atoms with Crippen molar-refractivity contribution in [2.75, 3.05) is 11.9 Å². The number of aromatic nitrogens is 2. The van der Waals surface area contributed by atoms with Gasteiger partial charge < -0.3 is 20.7 Å². The lowest BCUT2D eigenvalue weighted by atomic mass is 9.95. The van der Waals surface area contributed by atoms with Crippen molar-refractivity contribution in [2.45, 2.75) is 13.3 Å². The van der Waals surface area contributed by atoms with E-state index in [-0.39, 0.29) is 17.6 Å². The van der Waals surface area contributed by atoms with Crippen molar-refractivity contribution in [3.05, 3.63) is 82.1 Å². The van der Waals surface area contributed by atoms with Crippen LogP contribution in [-0.2, 0) is 11.2 Å². The Morgan fingerprint density at radius 1 is 1.32 bits per heavy atom. The van der Waals surface area contributed by atoms with Crippen LogP contribution in [0, 0.1) is 17.0 Å². The molecule has 156 valence electrons. The van der Waals surface area contributed by atoms with Crippen molar-refractivity contribution in [3.63, 3.8) is 0 Å². The van der Waals surface area contributed by atoms with Crippen molar-refractivity contribution in [1.29, 1.82) is 0 Å². The summed E-state index contributed by atoms with van der Waals surface area (Å²) in [5, 5.41) is 21.5. The molecule has 1 aliphatic rings. The second-order valence-electron chi connectivity index (χ2n) is 7.07. The fraction of sp³-hybridized carbons (Fsp3) is 0.136. The van der Waals surface area contributed by atoms with Gasteiger partial charge in [0.1, 0.15) is 5.56 Å². The van der Waals surface area contributed by atoms with Gasteiger partial charge in [0.15, 0.2) is 0 Å². The summed E-state index contributed by atoms with van der Waals surface area (Å²) in [4.78, 5) is 34.9. The van der Waals surface area contributed by atoms with Gasteiger partial charge in [0.25, 0.3) is 5.91 Å². The van der Waals surface area contributed by atoms with Crippen LogP contribution in [0.3, 0.4) is 0 Å². The van der Waals surface area contributed by atoms with Gasteiger partial charge in [-0.15, -0.1) is 4.68 Å². The Morgan fingerprint density at radius 2 is 2.13 bits per heavy atom. The molecule has 0 saturated carbocycles. The molecule has 2 heterocycles. The number of hydrogen-bond acceptors (Lipinski definition) is 5. The van der Waals surface area contributed by atoms with Gasteiger partial charge in [0, 0.05) is 17.8 Å². The summed E-state index contributed by atoms with van der Waals surface area (Å²) < 4.78 is 1.48. The van der Waals surface area contributed by atoms with Crippen molar-refractivity contribution in [3.8, 4) is 16.8 Å². The number of amides is 2. The molecule has 0 saturated heterocycles. The van der Waals surface area contributed by atoms with Crippen LogP contribution >= 0.6 is 0 Å². The van der Waals surface area contributed by atoms with Gasteiger partial charge in [-0.1, -0.05) is 18.7 Å². The third kappa shape index (κ3) is 3.68. The lowest BCUT2D eigenvalue weighted by Gasteiger charge is -2.17. The Morgan fingerprint density at radius 3 is 2.87 bits per heavy atom. The van der Waals surface area contributed by atoms with E-state index < -0.39 is 4.92 Å². The Labute approximate surface area is 177 Å². The summed E-state index contributed by atoms with van der Waals surface area (Å²) >= 11 is 0. The molecule has 31 heavy (non-hydrogen) atoms. The Kier molecular flexibility index (Phi) is 5.08. The summed E-state index contributed by atoms with van der Waals surface area (Å²) in [6.07, 6.45) is 1.81. The average Bonchev–Trinajstić information content (AvgIpc) is 3.11. The van der Waals surface area contributed by atoms with E-state index in [2.05, 4.69) is 22.3 Å². The molecule has 2 N–H and O–H groups in total. The minimum atomic E-state index is -0.520. The second-order valence-corrected chi connectivity index (χ2v) is 7.07. The molecule has 0 fully saturated rings. The smallest absolute Gasteiger partial charge is 0.358 e. The van der Waals surface area contributed by atoms with Gasteiger partial charge in [0.2, 0.25) is 5.91 Å². The van der Waals surface area contributed by atoms with Gasteiger partial charge in [-0.05, 0) is 65.8 Å². The molecule has 2 amide bonds. The standard InChI is InChI=1S/C22H19N5O4/c1-3-19(28)24-16-5-4-6-17(12-16)26-13(2)20(21(25-26)27(30)31)15-7-8-18-14(11-15)9-10-23-22(18)29/h3-8,11-12H,1,9-10H2,2H3,(H,23,29)(H,24,28). The largest absolute Gasteiger partial charge is 0.398 e. The zero-order valence-corrected chi connectivity index (χ0v) is 16.7. The Bertz CT molecular complexity index is 1240. The molecule has 0 atom stereocenters. The molecule has 0 unspecified atom stereocenters. The summed E-state index contributed by atoms with van der Waals surface area (Å²) in [6, 6.07) is 12.0. The molecule has 1 aliphatic heterocycles. The van der Waals surface area contributed by atoms with Crippen molar-refractivity contribution < 1.29 is 14.5 Å². The molecule has 2 aromatic carbocycles. The third-order valence-corrected chi connectivity index (χ3v) is 5.13. The molecule has 0 radical (unpaired) electrons. The minimum Gasteiger partial charge on any atom is -0.358 e. The van der Waals surface area contributed by atoms with Gasteiger partial charge in [-0.3, -0.25) is 9.59 Å². The predicted octanol–water partition coefficient (Wildman–Crippen LogP) is 3.17. The summed E-state index contributed by atoms with van der Waals surface area (Å²) in [7, 11) is 0. The van der Waals surface area contributed by atoms with E-state index in [0.29, 0.717) is 46.7 Å². The van der Waals surface area contributed by atoms with E-state index in [1.165, 1.54) is 4.68 Å². The van der Waals surface area contributed by atoms with Gasteiger partial charge in [-0.2, -0.15) is 0 Å². The first-order chi connectivity index (χ1) is 14.9. The Balaban J connectivity index is 1.82. The fourth-order valence-corrected chi connectivity index (χ4v) is 3.70. The zero-order chi connectivity index (χ0) is 22.1. The molecule has 3 aromatic rings. The minimum absolute atomic E-state index is 0.145. The number of carbonyl (C=O) groups is 2. The van der Waals surface area contributed by atoms with Crippen LogP contribution in [0.25, 0.3) is 16.8 Å². The molecule has 0 bridgehead atoms. The lowest BCUT2D eigenvalue weighted by molar-refractivity contribution is -0.389. The number of nitrogens with zero attached hydrogens (tertiary/aromatic N) is 3. The van der Waals surface area contributed by atoms with Crippen LogP contribution < -0.4 is 10.6 Å². The maximum absolute atomic E-state index is 12.0. The second kappa shape index (κ2) is 7.86. The maximum Gasteiger partial charge on any atom is 0.398 e. The highest BCUT2D eigenvalue weighted by molar-refractivity contribution is 5.99. The first-order valence-corrected chi connectivity index (χ1v) is 9.58. The lowest BCUT2D eigenvalue weighted by Crippen LogP contribution is -2.31. The zero-order valence-electron chi connectivity index (χ0n) is 16.7. The van der Waals surface area contributed by atoms with Gasteiger partial charge in [-0.25, -0.2) is 0 Å². The van der Waals surface area contributed by atoms with Crippen LogP contribution in [-0.4, -0.2) is 33.1 Å². The predicted molar refractivity (Wildman–Crippen MR) is 115 cm³/mol. The van der Waals surface area contributed by atoms with E-state index in [1.807, 2.05) is 6.07 Å². The van der Waals surface area contributed by atoms with E-state index >= 15 is 0 Å². The first kappa shape index (κ1) is 20.0. The van der Waals surface area contributed by atoms with E-state index in [4.69, 9.17) is 0 Å². The number of nitrogens with one attached hydrogen (secondary N) is 2. The Hall–Kier alpha value is -4.27. The maximum atomic E-state index is 12.0. The summed E-state index contributed by atoms with van der Waals surface area (Å²) in [6.45, 7) is 5.70. The van der Waals surface area contributed by atoms with E-state index in [1.54, 1.807) is 43.3 Å². The number of rotatable bonds is 5. The summed E-state index contributed by atoms with van der Waals surface area (Å²) in [5.41, 5.74) is 4.08. The van der Waals surface area contributed by atoms with Gasteiger partial charge >= 0.3 is 5.82 Å². The third-order valence-electron chi connectivity index (χ3n) is 5.13. The highest BCUT2D eigenvalue weighted by atomic mass is 16.6. The molecule has 0 spiro atoms. The number of anilines is 1. The number of carbonyl (C=O) groups excluding carboxylic acids is 2. The SMILES string of the molecule is C=CC(=O)Nc1cccc(-n2nc([N+](=O)[O-])c(-c3ccc4c(c3)CCNC4=O)c2C)c1. The molecular formula is C22H19N5O4. The van der Waals surface area contributed by atoms with Crippen LogP contribution in [0.2, 0.25) is 0 Å². The molecule has 4 rings (SSSR count). The van der Waals surface area contributed by atoms with Gasteiger partial charge in [0.05, 0.1) is 16.5 Å².